The van der Waals surface area contributed by atoms with Crippen molar-refractivity contribution >= 4 is 5.78 Å². The third kappa shape index (κ3) is 4.78. The SMILES string of the molecule is O=C(CCc1ccccc1)C(F)(F)CCc1ccccc1. The van der Waals surface area contributed by atoms with Crippen LogP contribution in [0.1, 0.15) is 24.0 Å². The Balaban J connectivity index is 1.85. The summed E-state index contributed by atoms with van der Waals surface area (Å²) in [5.74, 6) is -4.22. The first-order valence-corrected chi connectivity index (χ1v) is 7.07. The van der Waals surface area contributed by atoms with Gasteiger partial charge in [0.25, 0.3) is 0 Å². The van der Waals surface area contributed by atoms with Gasteiger partial charge in [-0.25, -0.2) is 0 Å². The van der Waals surface area contributed by atoms with E-state index in [9.17, 15) is 13.6 Å². The molecule has 2 rings (SSSR count). The molecule has 0 fully saturated rings. The fourth-order valence-corrected chi connectivity index (χ4v) is 2.17. The van der Waals surface area contributed by atoms with Crippen molar-refractivity contribution in [1.82, 2.24) is 0 Å². The molecular weight excluding hydrogens is 270 g/mol. The number of halogens is 2. The lowest BCUT2D eigenvalue weighted by atomic mass is 9.99. The molecule has 0 saturated carbocycles. The van der Waals surface area contributed by atoms with Gasteiger partial charge in [0.2, 0.25) is 5.78 Å². The summed E-state index contributed by atoms with van der Waals surface area (Å²) in [5, 5.41) is 0. The summed E-state index contributed by atoms with van der Waals surface area (Å²) in [7, 11) is 0. The van der Waals surface area contributed by atoms with Crippen molar-refractivity contribution in [2.45, 2.75) is 31.6 Å². The van der Waals surface area contributed by atoms with E-state index in [0.717, 1.165) is 11.1 Å². The van der Waals surface area contributed by atoms with Gasteiger partial charge in [-0.3, -0.25) is 4.79 Å². The molecule has 0 atom stereocenters. The zero-order chi connectivity index (χ0) is 15.1. The maximum absolute atomic E-state index is 13.9. The molecule has 1 nitrogen and oxygen atoms in total. The van der Waals surface area contributed by atoms with Crippen LogP contribution in [0.15, 0.2) is 60.7 Å². The normalized spacial score (nSPS) is 11.3. The highest BCUT2D eigenvalue weighted by Crippen LogP contribution is 2.24. The summed E-state index contributed by atoms with van der Waals surface area (Å²) in [6.45, 7) is 0. The first-order chi connectivity index (χ1) is 10.1. The number of ketones is 1. The topological polar surface area (TPSA) is 17.1 Å². The van der Waals surface area contributed by atoms with Crippen molar-refractivity contribution in [1.29, 1.82) is 0 Å². The molecule has 0 spiro atoms. The van der Waals surface area contributed by atoms with Crippen molar-refractivity contribution in [2.75, 3.05) is 0 Å². The van der Waals surface area contributed by atoms with Gasteiger partial charge in [0.05, 0.1) is 0 Å². The van der Waals surface area contributed by atoms with Crippen molar-refractivity contribution in [2.24, 2.45) is 0 Å². The maximum atomic E-state index is 13.9. The molecule has 0 N–H and O–H groups in total. The van der Waals surface area contributed by atoms with E-state index < -0.39 is 18.1 Å². The molecule has 0 bridgehead atoms. The molecule has 0 amide bonds. The van der Waals surface area contributed by atoms with Crippen LogP contribution in [0.2, 0.25) is 0 Å². The van der Waals surface area contributed by atoms with Crippen molar-refractivity contribution in [3.8, 4) is 0 Å². The third-order valence-corrected chi connectivity index (χ3v) is 3.46. The number of hydrogen-bond acceptors (Lipinski definition) is 1. The first-order valence-electron chi connectivity index (χ1n) is 7.07. The monoisotopic (exact) mass is 288 g/mol. The van der Waals surface area contributed by atoms with Crippen LogP contribution in [-0.4, -0.2) is 11.7 Å². The van der Waals surface area contributed by atoms with Crippen LogP contribution in [0.4, 0.5) is 8.78 Å². The smallest absolute Gasteiger partial charge is 0.293 e. The van der Waals surface area contributed by atoms with Crippen LogP contribution in [0.3, 0.4) is 0 Å². The van der Waals surface area contributed by atoms with Crippen LogP contribution in [0, 0.1) is 0 Å². The lowest BCUT2D eigenvalue weighted by molar-refractivity contribution is -0.143. The van der Waals surface area contributed by atoms with E-state index in [-0.39, 0.29) is 12.8 Å². The average Bonchev–Trinajstić information content (AvgIpc) is 2.52. The van der Waals surface area contributed by atoms with Gasteiger partial charge in [0.15, 0.2) is 0 Å². The molecule has 0 aliphatic rings. The molecule has 2 aromatic rings. The third-order valence-electron chi connectivity index (χ3n) is 3.46. The lowest BCUT2D eigenvalue weighted by Gasteiger charge is -2.15. The number of alkyl halides is 2. The zero-order valence-corrected chi connectivity index (χ0v) is 11.8. The predicted molar refractivity (Wildman–Crippen MR) is 79.5 cm³/mol. The molecule has 0 aromatic heterocycles. The molecule has 0 heterocycles. The molecule has 110 valence electrons. The number of carbonyl (C=O) groups is 1. The molecule has 0 aliphatic heterocycles. The standard InChI is InChI=1S/C18H18F2O/c19-18(20,14-13-16-9-5-2-6-10-16)17(21)12-11-15-7-3-1-4-8-15/h1-10H,11-14H2. The lowest BCUT2D eigenvalue weighted by Crippen LogP contribution is -2.29. The molecule has 0 unspecified atom stereocenters. The Kier molecular flexibility index (Phi) is 5.20. The second kappa shape index (κ2) is 7.11. The van der Waals surface area contributed by atoms with Gasteiger partial charge in [-0.1, -0.05) is 60.7 Å². The Morgan fingerprint density at radius 3 is 1.81 bits per heavy atom. The molecule has 0 saturated heterocycles. The fraction of sp³-hybridized carbons (Fsp3) is 0.278. The summed E-state index contributed by atoms with van der Waals surface area (Å²) in [4.78, 5) is 11.7. The highest BCUT2D eigenvalue weighted by atomic mass is 19.3. The minimum atomic E-state index is -3.25. The van der Waals surface area contributed by atoms with Crippen LogP contribution < -0.4 is 0 Å². The van der Waals surface area contributed by atoms with Gasteiger partial charge in [-0.2, -0.15) is 8.78 Å². The number of aryl methyl sites for hydroxylation is 2. The number of benzene rings is 2. The largest absolute Gasteiger partial charge is 0.305 e. The molecule has 21 heavy (non-hydrogen) atoms. The van der Waals surface area contributed by atoms with Gasteiger partial charge in [0, 0.05) is 12.8 Å². The number of hydrogen-bond donors (Lipinski definition) is 0. The average molecular weight is 288 g/mol. The van der Waals surface area contributed by atoms with E-state index in [1.54, 1.807) is 12.1 Å². The van der Waals surface area contributed by atoms with E-state index in [2.05, 4.69) is 0 Å². The van der Waals surface area contributed by atoms with Crippen LogP contribution in [-0.2, 0) is 17.6 Å². The van der Waals surface area contributed by atoms with Crippen molar-refractivity contribution in [3.63, 3.8) is 0 Å². The minimum Gasteiger partial charge on any atom is -0.293 e. The molecule has 0 aliphatic carbocycles. The van der Waals surface area contributed by atoms with Gasteiger partial charge in [-0.05, 0) is 24.0 Å². The first kappa shape index (κ1) is 15.4. The second-order valence-corrected chi connectivity index (χ2v) is 5.10. The van der Waals surface area contributed by atoms with Gasteiger partial charge >= 0.3 is 5.92 Å². The van der Waals surface area contributed by atoms with Gasteiger partial charge in [-0.15, -0.1) is 0 Å². The van der Waals surface area contributed by atoms with E-state index in [1.807, 2.05) is 48.5 Å². The van der Waals surface area contributed by atoms with Gasteiger partial charge < -0.3 is 0 Å². The highest BCUT2D eigenvalue weighted by molar-refractivity contribution is 5.85. The second-order valence-electron chi connectivity index (χ2n) is 5.10. The molecule has 0 radical (unpaired) electrons. The Bertz CT molecular complexity index is 564. The zero-order valence-electron chi connectivity index (χ0n) is 11.8. The quantitative estimate of drug-likeness (QED) is 0.735. The summed E-state index contributed by atoms with van der Waals surface area (Å²) in [5.41, 5.74) is 1.73. The van der Waals surface area contributed by atoms with Crippen LogP contribution >= 0.6 is 0 Å². The highest BCUT2D eigenvalue weighted by Gasteiger charge is 2.36. The number of Topliss-reactive ketones (excluding diaryl/α,β-unsaturated/α-hetero) is 1. The van der Waals surface area contributed by atoms with Crippen molar-refractivity contribution < 1.29 is 13.6 Å². The molecule has 2 aromatic carbocycles. The number of carbonyl (C=O) groups excluding carboxylic acids is 1. The minimum absolute atomic E-state index is 0.119. The van der Waals surface area contributed by atoms with Crippen LogP contribution in [0.25, 0.3) is 0 Å². The summed E-state index contributed by atoms with van der Waals surface area (Å²) in [6, 6.07) is 18.3. The van der Waals surface area contributed by atoms with Gasteiger partial charge in [0.1, 0.15) is 0 Å². The molecular formula is C18H18F2O. The summed E-state index contributed by atoms with van der Waals surface area (Å²) < 4.78 is 27.7. The Morgan fingerprint density at radius 2 is 1.29 bits per heavy atom. The maximum Gasteiger partial charge on any atom is 0.305 e. The van der Waals surface area contributed by atoms with E-state index in [1.165, 1.54) is 0 Å². The molecule has 3 heteroatoms. The fourth-order valence-electron chi connectivity index (χ4n) is 2.17. The Hall–Kier alpha value is -2.03. The Labute approximate surface area is 123 Å². The Morgan fingerprint density at radius 1 is 0.810 bits per heavy atom. The van der Waals surface area contributed by atoms with E-state index in [0.29, 0.717) is 6.42 Å². The number of rotatable bonds is 7. The predicted octanol–water partition coefficient (Wildman–Crippen LogP) is 4.46. The van der Waals surface area contributed by atoms with Crippen molar-refractivity contribution in [3.05, 3.63) is 71.8 Å². The summed E-state index contributed by atoms with van der Waals surface area (Å²) >= 11 is 0. The van der Waals surface area contributed by atoms with Crippen LogP contribution in [0.5, 0.6) is 0 Å². The summed E-state index contributed by atoms with van der Waals surface area (Å²) in [6.07, 6.45) is 0.0297. The van der Waals surface area contributed by atoms with E-state index >= 15 is 0 Å². The van der Waals surface area contributed by atoms with E-state index in [4.69, 9.17) is 0 Å².